The van der Waals surface area contributed by atoms with Gasteiger partial charge in [-0.05, 0) is 24.6 Å². The van der Waals surface area contributed by atoms with Crippen molar-refractivity contribution in [1.29, 1.82) is 0 Å². The molecule has 2 heterocycles. The maximum atomic E-state index is 12.4. The molecule has 1 aromatic rings. The van der Waals surface area contributed by atoms with Crippen LogP contribution in [-0.2, 0) is 11.3 Å². The van der Waals surface area contributed by atoms with Crippen LogP contribution < -0.4 is 15.4 Å². The number of amides is 4. The first-order valence-electron chi connectivity index (χ1n) is 6.53. The van der Waals surface area contributed by atoms with E-state index in [1.807, 2.05) is 6.07 Å². The van der Waals surface area contributed by atoms with E-state index >= 15 is 0 Å². The molecule has 2 aliphatic heterocycles. The molecule has 1 saturated heterocycles. The van der Waals surface area contributed by atoms with E-state index in [0.29, 0.717) is 17.9 Å². The smallest absolute Gasteiger partial charge is 0.322 e. The maximum absolute atomic E-state index is 12.4. The summed E-state index contributed by atoms with van der Waals surface area (Å²) in [4.78, 5) is 37.0. The van der Waals surface area contributed by atoms with Crippen LogP contribution in [0.25, 0.3) is 0 Å². The summed E-state index contributed by atoms with van der Waals surface area (Å²) < 4.78 is 5.12. The van der Waals surface area contributed by atoms with Gasteiger partial charge in [0.15, 0.2) is 0 Å². The Kier molecular flexibility index (Phi) is 2.86. The van der Waals surface area contributed by atoms with E-state index in [1.54, 1.807) is 31.1 Å². The van der Waals surface area contributed by atoms with E-state index in [2.05, 4.69) is 10.6 Å². The van der Waals surface area contributed by atoms with Crippen LogP contribution in [0.2, 0.25) is 0 Å². The summed E-state index contributed by atoms with van der Waals surface area (Å²) in [7, 11) is 1.54. The number of nitrogens with zero attached hydrogens (tertiary/aromatic N) is 1. The monoisotopic (exact) mass is 289 g/mol. The summed E-state index contributed by atoms with van der Waals surface area (Å²) in [6, 6.07) is 4.78. The van der Waals surface area contributed by atoms with E-state index in [1.165, 1.54) is 0 Å². The van der Waals surface area contributed by atoms with E-state index in [9.17, 15) is 14.4 Å². The zero-order chi connectivity index (χ0) is 15.2. The highest BCUT2D eigenvalue weighted by molar-refractivity contribution is 6.07. The molecule has 3 rings (SSSR count). The standard InChI is InChI=1S/C14H15N3O4/c1-14(12(19)15-13(20)16-14)7-17-6-8-3-4-9(21-2)5-10(8)11(17)18/h3-5H,6-7H2,1-2H3,(H2,15,16,19,20). The lowest BCUT2D eigenvalue weighted by molar-refractivity contribution is -0.123. The first kappa shape index (κ1) is 13.4. The Morgan fingerprint density at radius 1 is 1.33 bits per heavy atom. The Morgan fingerprint density at radius 3 is 2.71 bits per heavy atom. The van der Waals surface area contributed by atoms with Crippen LogP contribution in [0.15, 0.2) is 18.2 Å². The van der Waals surface area contributed by atoms with Crippen molar-refractivity contribution in [2.75, 3.05) is 13.7 Å². The highest BCUT2D eigenvalue weighted by Gasteiger charge is 2.45. The van der Waals surface area contributed by atoms with Gasteiger partial charge in [-0.25, -0.2) is 4.79 Å². The van der Waals surface area contributed by atoms with Crippen LogP contribution in [0.4, 0.5) is 4.79 Å². The van der Waals surface area contributed by atoms with Crippen LogP contribution in [0.5, 0.6) is 5.75 Å². The van der Waals surface area contributed by atoms with Crippen molar-refractivity contribution < 1.29 is 19.1 Å². The average Bonchev–Trinajstić information content (AvgIpc) is 2.87. The van der Waals surface area contributed by atoms with Gasteiger partial charge in [0, 0.05) is 12.1 Å². The van der Waals surface area contributed by atoms with Crippen LogP contribution in [-0.4, -0.2) is 41.9 Å². The summed E-state index contributed by atoms with van der Waals surface area (Å²) in [5, 5.41) is 4.75. The number of imide groups is 1. The van der Waals surface area contributed by atoms with Gasteiger partial charge in [-0.15, -0.1) is 0 Å². The SMILES string of the molecule is COc1ccc2c(c1)C(=O)N(CC1(C)NC(=O)NC1=O)C2. The molecule has 0 spiro atoms. The second-order valence-corrected chi connectivity index (χ2v) is 5.42. The lowest BCUT2D eigenvalue weighted by Crippen LogP contribution is -2.52. The van der Waals surface area contributed by atoms with E-state index in [-0.39, 0.29) is 12.5 Å². The fourth-order valence-electron chi connectivity index (χ4n) is 2.67. The highest BCUT2D eigenvalue weighted by Crippen LogP contribution is 2.28. The van der Waals surface area contributed by atoms with Gasteiger partial charge in [0.05, 0.1) is 13.7 Å². The largest absolute Gasteiger partial charge is 0.497 e. The first-order valence-corrected chi connectivity index (χ1v) is 6.53. The van der Waals surface area contributed by atoms with Crippen molar-refractivity contribution in [2.45, 2.75) is 19.0 Å². The third-order valence-corrected chi connectivity index (χ3v) is 3.82. The van der Waals surface area contributed by atoms with Crippen molar-refractivity contribution in [3.05, 3.63) is 29.3 Å². The van der Waals surface area contributed by atoms with Crippen molar-refractivity contribution in [3.8, 4) is 5.75 Å². The zero-order valence-corrected chi connectivity index (χ0v) is 11.7. The van der Waals surface area contributed by atoms with Crippen molar-refractivity contribution >= 4 is 17.8 Å². The molecule has 0 saturated carbocycles. The van der Waals surface area contributed by atoms with Crippen molar-refractivity contribution in [3.63, 3.8) is 0 Å². The molecule has 21 heavy (non-hydrogen) atoms. The van der Waals surface area contributed by atoms with Gasteiger partial charge in [-0.2, -0.15) is 0 Å². The maximum Gasteiger partial charge on any atom is 0.322 e. The Balaban J connectivity index is 1.82. The summed E-state index contributed by atoms with van der Waals surface area (Å²) >= 11 is 0. The molecule has 110 valence electrons. The number of benzene rings is 1. The number of methoxy groups -OCH3 is 1. The minimum absolute atomic E-state index is 0.125. The zero-order valence-electron chi connectivity index (χ0n) is 11.7. The molecule has 1 fully saturated rings. The minimum Gasteiger partial charge on any atom is -0.497 e. The van der Waals surface area contributed by atoms with E-state index < -0.39 is 17.5 Å². The number of fused-ring (bicyclic) bond motifs is 1. The molecule has 2 N–H and O–H groups in total. The second kappa shape index (κ2) is 4.47. The van der Waals surface area contributed by atoms with Gasteiger partial charge in [0.25, 0.3) is 11.8 Å². The number of rotatable bonds is 3. The summed E-state index contributed by atoms with van der Waals surface area (Å²) in [5.41, 5.74) is 0.357. The fraction of sp³-hybridized carbons (Fsp3) is 0.357. The summed E-state index contributed by atoms with van der Waals surface area (Å²) in [6.07, 6.45) is 0. The number of carbonyl (C=O) groups is 3. The topological polar surface area (TPSA) is 87.7 Å². The molecular formula is C14H15N3O4. The fourth-order valence-corrected chi connectivity index (χ4v) is 2.67. The normalized spacial score (nSPS) is 23.9. The Morgan fingerprint density at radius 2 is 2.10 bits per heavy atom. The molecule has 0 radical (unpaired) electrons. The molecule has 1 unspecified atom stereocenters. The van der Waals surface area contributed by atoms with Gasteiger partial charge in [0.2, 0.25) is 0 Å². The number of ether oxygens (including phenoxy) is 1. The quantitative estimate of drug-likeness (QED) is 0.781. The van der Waals surface area contributed by atoms with E-state index in [0.717, 1.165) is 5.56 Å². The van der Waals surface area contributed by atoms with Gasteiger partial charge < -0.3 is 15.0 Å². The molecule has 1 aromatic carbocycles. The summed E-state index contributed by atoms with van der Waals surface area (Å²) in [5.74, 6) is 0.0231. The van der Waals surface area contributed by atoms with Crippen LogP contribution in [0.3, 0.4) is 0 Å². The van der Waals surface area contributed by atoms with Crippen molar-refractivity contribution in [1.82, 2.24) is 15.5 Å². The predicted octanol–water partition coefficient (Wildman–Crippen LogP) is 0.249. The first-order chi connectivity index (χ1) is 9.93. The van der Waals surface area contributed by atoms with Gasteiger partial charge in [-0.3, -0.25) is 14.9 Å². The minimum atomic E-state index is -1.10. The molecule has 0 bridgehead atoms. The third-order valence-electron chi connectivity index (χ3n) is 3.82. The molecule has 2 aliphatic rings. The lowest BCUT2D eigenvalue weighted by atomic mass is 10.0. The van der Waals surface area contributed by atoms with Crippen LogP contribution in [0, 0.1) is 0 Å². The van der Waals surface area contributed by atoms with Gasteiger partial charge >= 0.3 is 6.03 Å². The molecule has 7 heteroatoms. The number of hydrogen-bond acceptors (Lipinski definition) is 4. The van der Waals surface area contributed by atoms with Gasteiger partial charge in [0.1, 0.15) is 11.3 Å². The van der Waals surface area contributed by atoms with Crippen LogP contribution in [0.1, 0.15) is 22.8 Å². The summed E-state index contributed by atoms with van der Waals surface area (Å²) in [6.45, 7) is 2.14. The van der Waals surface area contributed by atoms with E-state index in [4.69, 9.17) is 4.74 Å². The number of carbonyl (C=O) groups excluding carboxylic acids is 3. The third kappa shape index (κ3) is 2.10. The average molecular weight is 289 g/mol. The van der Waals surface area contributed by atoms with Gasteiger partial charge in [-0.1, -0.05) is 6.07 Å². The highest BCUT2D eigenvalue weighted by atomic mass is 16.5. The molecule has 0 aliphatic carbocycles. The Bertz CT molecular complexity index is 658. The van der Waals surface area contributed by atoms with Crippen molar-refractivity contribution in [2.24, 2.45) is 0 Å². The Labute approximate surface area is 121 Å². The number of hydrogen-bond donors (Lipinski definition) is 2. The van der Waals surface area contributed by atoms with Crippen LogP contribution >= 0.6 is 0 Å². The molecule has 4 amide bonds. The predicted molar refractivity (Wildman–Crippen MR) is 72.8 cm³/mol. The lowest BCUT2D eigenvalue weighted by Gasteiger charge is -2.26. The molecule has 0 aromatic heterocycles. The Hall–Kier alpha value is -2.57. The second-order valence-electron chi connectivity index (χ2n) is 5.42. The number of nitrogens with one attached hydrogen (secondary N) is 2. The number of urea groups is 1. The molecular weight excluding hydrogens is 274 g/mol. The molecule has 7 nitrogen and oxygen atoms in total. The molecule has 1 atom stereocenters.